The summed E-state index contributed by atoms with van der Waals surface area (Å²) in [5.74, 6) is -0.697. The number of anilines is 1. The normalized spacial score (nSPS) is 14.7. The zero-order valence-electron chi connectivity index (χ0n) is 18.3. The van der Waals surface area contributed by atoms with E-state index in [1.165, 1.54) is 6.33 Å². The van der Waals surface area contributed by atoms with Gasteiger partial charge >= 0.3 is 0 Å². The molecule has 4 N–H and O–H groups in total. The van der Waals surface area contributed by atoms with E-state index in [2.05, 4.69) is 25.7 Å². The zero-order chi connectivity index (χ0) is 24.2. The number of carbonyl (C=O) groups excluding carboxylic acids is 1. The van der Waals surface area contributed by atoms with Crippen LogP contribution in [-0.4, -0.2) is 44.5 Å². The third-order valence-corrected chi connectivity index (χ3v) is 5.28. The van der Waals surface area contributed by atoms with Crippen molar-refractivity contribution in [3.05, 3.63) is 108 Å². The Bertz CT molecular complexity index is 1410. The van der Waals surface area contributed by atoms with E-state index < -0.39 is 18.1 Å². The Balaban J connectivity index is 1.34. The Morgan fingerprint density at radius 3 is 2.46 bits per heavy atom. The SMILES string of the molecule is N=C(NC1N=C(c2ccccc2)c2ccccc2NC1=O)OC(=N)c1ccc(-n2cncn2)cc1. The van der Waals surface area contributed by atoms with Gasteiger partial charge in [0, 0.05) is 16.7 Å². The Hall–Kier alpha value is -5.12. The number of carbonyl (C=O) groups is 1. The molecule has 10 nitrogen and oxygen atoms in total. The van der Waals surface area contributed by atoms with Crippen LogP contribution in [0.1, 0.15) is 16.7 Å². The molecule has 0 radical (unpaired) electrons. The lowest BCUT2D eigenvalue weighted by Gasteiger charge is -2.15. The van der Waals surface area contributed by atoms with Gasteiger partial charge in [-0.15, -0.1) is 0 Å². The summed E-state index contributed by atoms with van der Waals surface area (Å²) in [5, 5.41) is 26.0. The average molecular weight is 464 g/mol. The second-order valence-corrected chi connectivity index (χ2v) is 7.57. The van der Waals surface area contributed by atoms with Gasteiger partial charge < -0.3 is 15.4 Å². The molecule has 2 heterocycles. The van der Waals surface area contributed by atoms with Crippen molar-refractivity contribution in [1.29, 1.82) is 10.8 Å². The molecular weight excluding hydrogens is 444 g/mol. The van der Waals surface area contributed by atoms with Crippen molar-refractivity contribution >= 4 is 29.2 Å². The standard InChI is InChI=1S/C25H20N8O2/c26-22(17-10-12-18(13-11-17)33-15-28-14-29-33)35-25(27)32-23-24(34)30-20-9-5-4-8-19(20)21(31-23)16-6-2-1-3-7-16/h1-15,23,26H,(H2,27,32)(H,30,34). The number of benzene rings is 3. The van der Waals surface area contributed by atoms with E-state index in [0.717, 1.165) is 16.8 Å². The fourth-order valence-corrected chi connectivity index (χ4v) is 3.60. The number of hydrogen-bond donors (Lipinski definition) is 4. The molecule has 3 aromatic carbocycles. The minimum atomic E-state index is -1.13. The van der Waals surface area contributed by atoms with Crippen LogP contribution in [-0.2, 0) is 9.53 Å². The smallest absolute Gasteiger partial charge is 0.290 e. The van der Waals surface area contributed by atoms with Gasteiger partial charge in [-0.25, -0.2) is 14.7 Å². The molecule has 0 saturated heterocycles. The Morgan fingerprint density at radius 2 is 1.71 bits per heavy atom. The highest BCUT2D eigenvalue weighted by Crippen LogP contribution is 2.23. The molecule has 10 heteroatoms. The van der Waals surface area contributed by atoms with Crippen LogP contribution in [0.15, 0.2) is 96.5 Å². The number of amidine groups is 1. The fraction of sp³-hybridized carbons (Fsp3) is 0.0400. The number of benzodiazepines with no additional fused rings is 1. The van der Waals surface area contributed by atoms with E-state index in [-0.39, 0.29) is 5.90 Å². The first kappa shape index (κ1) is 21.7. The highest BCUT2D eigenvalue weighted by molar-refractivity contribution is 6.19. The Labute approximate surface area is 200 Å². The number of ether oxygens (including phenoxy) is 1. The molecule has 1 aliphatic heterocycles. The summed E-state index contributed by atoms with van der Waals surface area (Å²) < 4.78 is 6.93. The van der Waals surface area contributed by atoms with Crippen LogP contribution in [0.3, 0.4) is 0 Å². The monoisotopic (exact) mass is 464 g/mol. The highest BCUT2D eigenvalue weighted by Gasteiger charge is 2.27. The predicted octanol–water partition coefficient (Wildman–Crippen LogP) is 2.95. The third kappa shape index (κ3) is 4.67. The van der Waals surface area contributed by atoms with Gasteiger partial charge in [0.05, 0.1) is 17.1 Å². The first-order chi connectivity index (χ1) is 17.1. The van der Waals surface area contributed by atoms with Crippen LogP contribution >= 0.6 is 0 Å². The molecule has 35 heavy (non-hydrogen) atoms. The summed E-state index contributed by atoms with van der Waals surface area (Å²) >= 11 is 0. The van der Waals surface area contributed by atoms with Crippen LogP contribution in [0, 0.1) is 10.8 Å². The van der Waals surface area contributed by atoms with Gasteiger partial charge in [-0.05, 0) is 30.3 Å². The number of aromatic nitrogens is 3. The maximum absolute atomic E-state index is 12.9. The molecule has 0 saturated carbocycles. The molecule has 1 aromatic heterocycles. The molecule has 5 rings (SSSR count). The summed E-state index contributed by atoms with van der Waals surface area (Å²) in [5.41, 5.74) is 4.04. The molecule has 1 amide bonds. The number of nitrogens with one attached hydrogen (secondary N) is 4. The van der Waals surface area contributed by atoms with Crippen molar-refractivity contribution in [3.8, 4) is 5.69 Å². The number of aliphatic imine (C=N–C) groups is 1. The lowest BCUT2D eigenvalue weighted by atomic mass is 10.0. The molecule has 0 bridgehead atoms. The van der Waals surface area contributed by atoms with Gasteiger partial charge in [-0.1, -0.05) is 48.5 Å². The Morgan fingerprint density at radius 1 is 0.971 bits per heavy atom. The fourth-order valence-electron chi connectivity index (χ4n) is 3.60. The molecule has 0 spiro atoms. The topological polar surface area (TPSA) is 141 Å². The van der Waals surface area contributed by atoms with Crippen LogP contribution in [0.4, 0.5) is 5.69 Å². The minimum Gasteiger partial charge on any atom is -0.407 e. The van der Waals surface area contributed by atoms with Gasteiger partial charge in [-0.2, -0.15) is 5.10 Å². The summed E-state index contributed by atoms with van der Waals surface area (Å²) in [7, 11) is 0. The molecule has 1 aliphatic rings. The van der Waals surface area contributed by atoms with Crippen LogP contribution in [0.5, 0.6) is 0 Å². The summed E-state index contributed by atoms with van der Waals surface area (Å²) in [6, 6.07) is 23.3. The summed E-state index contributed by atoms with van der Waals surface area (Å²) in [4.78, 5) is 21.4. The first-order valence-corrected chi connectivity index (χ1v) is 10.7. The third-order valence-electron chi connectivity index (χ3n) is 5.28. The van der Waals surface area contributed by atoms with E-state index in [1.54, 1.807) is 41.3 Å². The maximum Gasteiger partial charge on any atom is 0.290 e. The summed E-state index contributed by atoms with van der Waals surface area (Å²) in [6.45, 7) is 0. The van der Waals surface area contributed by atoms with Crippen molar-refractivity contribution in [3.63, 3.8) is 0 Å². The number of hydrogen-bond acceptors (Lipinski definition) is 7. The molecular formula is C25H20N8O2. The van der Waals surface area contributed by atoms with Gasteiger partial charge in [0.15, 0.2) is 0 Å². The molecule has 1 atom stereocenters. The van der Waals surface area contributed by atoms with E-state index in [0.29, 0.717) is 17.0 Å². The molecule has 1 unspecified atom stereocenters. The van der Waals surface area contributed by atoms with Crippen LogP contribution in [0.25, 0.3) is 5.69 Å². The largest absolute Gasteiger partial charge is 0.407 e. The average Bonchev–Trinajstić information content (AvgIpc) is 3.38. The predicted molar refractivity (Wildman–Crippen MR) is 131 cm³/mol. The van der Waals surface area contributed by atoms with Gasteiger partial charge in [-0.3, -0.25) is 15.6 Å². The van der Waals surface area contributed by atoms with E-state index in [4.69, 9.17) is 15.6 Å². The number of fused-ring (bicyclic) bond motifs is 1. The van der Waals surface area contributed by atoms with Gasteiger partial charge in [0.25, 0.3) is 11.9 Å². The van der Waals surface area contributed by atoms with Crippen LogP contribution in [0.2, 0.25) is 0 Å². The highest BCUT2D eigenvalue weighted by atomic mass is 16.5. The molecule has 0 fully saturated rings. The number of nitrogens with zero attached hydrogens (tertiary/aromatic N) is 4. The zero-order valence-corrected chi connectivity index (χ0v) is 18.3. The lowest BCUT2D eigenvalue weighted by Crippen LogP contribution is -2.43. The van der Waals surface area contributed by atoms with E-state index in [1.807, 2.05) is 48.5 Å². The second-order valence-electron chi connectivity index (χ2n) is 7.57. The minimum absolute atomic E-state index is 0.253. The first-order valence-electron chi connectivity index (χ1n) is 10.7. The maximum atomic E-state index is 12.9. The van der Waals surface area contributed by atoms with Crippen molar-refractivity contribution in [2.75, 3.05) is 5.32 Å². The van der Waals surface area contributed by atoms with Crippen molar-refractivity contribution in [2.45, 2.75) is 6.17 Å². The lowest BCUT2D eigenvalue weighted by molar-refractivity contribution is -0.117. The number of para-hydroxylation sites is 1. The quantitative estimate of drug-likeness (QED) is 0.271. The molecule has 0 aliphatic carbocycles. The van der Waals surface area contributed by atoms with Crippen molar-refractivity contribution in [2.24, 2.45) is 4.99 Å². The van der Waals surface area contributed by atoms with Crippen molar-refractivity contribution < 1.29 is 9.53 Å². The molecule has 172 valence electrons. The van der Waals surface area contributed by atoms with E-state index in [9.17, 15) is 4.79 Å². The second kappa shape index (κ2) is 9.40. The number of amides is 1. The Kier molecular flexibility index (Phi) is 5.83. The number of rotatable bonds is 4. The molecule has 4 aromatic rings. The summed E-state index contributed by atoms with van der Waals surface area (Å²) in [6.07, 6.45) is 1.86. The van der Waals surface area contributed by atoms with Gasteiger partial charge in [0.2, 0.25) is 12.1 Å². The van der Waals surface area contributed by atoms with Crippen LogP contribution < -0.4 is 10.6 Å². The van der Waals surface area contributed by atoms with Gasteiger partial charge in [0.1, 0.15) is 12.7 Å². The van der Waals surface area contributed by atoms with Crippen molar-refractivity contribution in [1.82, 2.24) is 20.1 Å². The van der Waals surface area contributed by atoms with E-state index >= 15 is 0 Å².